The minimum Gasteiger partial charge on any atom is -0.351 e. The van der Waals surface area contributed by atoms with Crippen LogP contribution in [-0.2, 0) is 13.0 Å². The summed E-state index contributed by atoms with van der Waals surface area (Å²) in [5, 5.41) is 5.54. The van der Waals surface area contributed by atoms with Gasteiger partial charge in [-0.3, -0.25) is 4.99 Å². The fourth-order valence-electron chi connectivity index (χ4n) is 2.43. The third-order valence-corrected chi connectivity index (χ3v) is 4.23. The van der Waals surface area contributed by atoms with Crippen LogP contribution in [0.15, 0.2) is 46.8 Å². The number of hydrogen-bond acceptors (Lipinski definition) is 2. The molecule has 0 radical (unpaired) electrons. The van der Waals surface area contributed by atoms with Gasteiger partial charge in [-0.25, -0.2) is 0 Å². The Bertz CT molecular complexity index is 581. The van der Waals surface area contributed by atoms with Gasteiger partial charge in [0.05, 0.1) is 6.54 Å². The number of nitrogens with zero attached hydrogens (tertiary/aromatic N) is 2. The van der Waals surface area contributed by atoms with Crippen LogP contribution in [0, 0.1) is 0 Å². The second-order valence-electron chi connectivity index (χ2n) is 4.51. The Kier molecular flexibility index (Phi) is 5.42. The van der Waals surface area contributed by atoms with Crippen molar-refractivity contribution in [3.63, 3.8) is 0 Å². The molecule has 1 aromatic carbocycles. The lowest BCUT2D eigenvalue weighted by Gasteiger charge is -2.22. The molecule has 1 aromatic heterocycles. The summed E-state index contributed by atoms with van der Waals surface area (Å²) in [6, 6.07) is 12.8. The number of anilines is 1. The Morgan fingerprint density at radius 1 is 1.30 bits per heavy atom. The summed E-state index contributed by atoms with van der Waals surface area (Å²) in [5.41, 5.74) is 2.68. The molecular weight excluding hydrogens is 381 g/mol. The van der Waals surface area contributed by atoms with E-state index in [-0.39, 0.29) is 24.0 Å². The zero-order chi connectivity index (χ0) is 13.1. The Labute approximate surface area is 140 Å². The topological polar surface area (TPSA) is 27.6 Å². The SMILES string of the molecule is CN=C(NCc1cccs1)N1CCc2ccccc21.I. The van der Waals surface area contributed by atoms with Gasteiger partial charge in [0.1, 0.15) is 0 Å². The number of halogens is 1. The third kappa shape index (κ3) is 3.15. The lowest BCUT2D eigenvalue weighted by molar-refractivity contribution is 0.879. The van der Waals surface area contributed by atoms with Crippen LogP contribution in [0.5, 0.6) is 0 Å². The monoisotopic (exact) mass is 399 g/mol. The van der Waals surface area contributed by atoms with E-state index in [1.165, 1.54) is 16.1 Å². The van der Waals surface area contributed by atoms with Crippen LogP contribution in [0.1, 0.15) is 10.4 Å². The summed E-state index contributed by atoms with van der Waals surface area (Å²) in [6.07, 6.45) is 1.09. The normalized spacial score (nSPS) is 13.8. The van der Waals surface area contributed by atoms with E-state index in [1.807, 2.05) is 7.05 Å². The third-order valence-electron chi connectivity index (χ3n) is 3.36. The van der Waals surface area contributed by atoms with Crippen molar-refractivity contribution in [1.82, 2.24) is 5.32 Å². The molecule has 0 atom stereocenters. The first-order valence-corrected chi connectivity index (χ1v) is 7.35. The number of aliphatic imine (C=N–C) groups is 1. The Hall–Kier alpha value is -1.08. The van der Waals surface area contributed by atoms with E-state index in [9.17, 15) is 0 Å². The van der Waals surface area contributed by atoms with Gasteiger partial charge in [0.15, 0.2) is 5.96 Å². The molecule has 1 aliphatic rings. The van der Waals surface area contributed by atoms with Crippen molar-refractivity contribution in [2.24, 2.45) is 4.99 Å². The highest BCUT2D eigenvalue weighted by Crippen LogP contribution is 2.27. The average Bonchev–Trinajstić information content (AvgIpc) is 3.09. The minimum atomic E-state index is 0. The van der Waals surface area contributed by atoms with Crippen molar-refractivity contribution in [3.8, 4) is 0 Å². The zero-order valence-electron chi connectivity index (χ0n) is 11.4. The van der Waals surface area contributed by atoms with Crippen LogP contribution < -0.4 is 10.2 Å². The first-order valence-electron chi connectivity index (χ1n) is 6.47. The van der Waals surface area contributed by atoms with Crippen LogP contribution in [0.4, 0.5) is 5.69 Å². The van der Waals surface area contributed by atoms with Crippen molar-refractivity contribution in [1.29, 1.82) is 0 Å². The lowest BCUT2D eigenvalue weighted by atomic mass is 10.2. The van der Waals surface area contributed by atoms with Crippen molar-refractivity contribution < 1.29 is 0 Å². The molecule has 0 spiro atoms. The van der Waals surface area contributed by atoms with Gasteiger partial charge < -0.3 is 10.2 Å². The maximum Gasteiger partial charge on any atom is 0.198 e. The summed E-state index contributed by atoms with van der Waals surface area (Å²) >= 11 is 1.77. The number of nitrogens with one attached hydrogen (secondary N) is 1. The van der Waals surface area contributed by atoms with E-state index < -0.39 is 0 Å². The van der Waals surface area contributed by atoms with E-state index in [0.717, 1.165) is 25.5 Å². The molecule has 0 bridgehead atoms. The van der Waals surface area contributed by atoms with Crippen LogP contribution in [0.25, 0.3) is 0 Å². The second-order valence-corrected chi connectivity index (χ2v) is 5.54. The molecule has 0 fully saturated rings. The predicted octanol–water partition coefficient (Wildman–Crippen LogP) is 3.50. The van der Waals surface area contributed by atoms with Crippen molar-refractivity contribution >= 4 is 47.0 Å². The highest BCUT2D eigenvalue weighted by molar-refractivity contribution is 14.0. The van der Waals surface area contributed by atoms with Crippen LogP contribution in [0.3, 0.4) is 0 Å². The van der Waals surface area contributed by atoms with Gasteiger partial charge in [-0.2, -0.15) is 0 Å². The maximum atomic E-state index is 4.40. The standard InChI is InChI=1S/C15H17N3S.HI/c1-16-15(17-11-13-6-4-10-19-13)18-9-8-12-5-2-3-7-14(12)18;/h2-7,10H,8-9,11H2,1H3,(H,16,17);1H. The number of thiophene rings is 1. The quantitative estimate of drug-likeness (QED) is 0.476. The molecule has 3 rings (SSSR count). The number of para-hydroxylation sites is 1. The highest BCUT2D eigenvalue weighted by atomic mass is 127. The van der Waals surface area contributed by atoms with Crippen molar-refractivity contribution in [2.75, 3.05) is 18.5 Å². The predicted molar refractivity (Wildman–Crippen MR) is 97.4 cm³/mol. The van der Waals surface area contributed by atoms with Gasteiger partial charge in [-0.05, 0) is 29.5 Å². The van der Waals surface area contributed by atoms with E-state index in [0.29, 0.717) is 0 Å². The van der Waals surface area contributed by atoms with Gasteiger partial charge in [0.25, 0.3) is 0 Å². The number of hydrogen-bond donors (Lipinski definition) is 1. The summed E-state index contributed by atoms with van der Waals surface area (Å²) in [5.74, 6) is 0.957. The number of fused-ring (bicyclic) bond motifs is 1. The Morgan fingerprint density at radius 3 is 2.90 bits per heavy atom. The molecule has 0 unspecified atom stereocenters. The summed E-state index contributed by atoms with van der Waals surface area (Å²) in [7, 11) is 1.84. The smallest absolute Gasteiger partial charge is 0.198 e. The first-order chi connectivity index (χ1) is 9.38. The maximum absolute atomic E-state index is 4.40. The Balaban J connectivity index is 0.00000147. The number of benzene rings is 1. The van der Waals surface area contributed by atoms with Gasteiger partial charge >= 0.3 is 0 Å². The van der Waals surface area contributed by atoms with Gasteiger partial charge in [-0.1, -0.05) is 24.3 Å². The number of guanidine groups is 1. The van der Waals surface area contributed by atoms with Crippen LogP contribution >= 0.6 is 35.3 Å². The Morgan fingerprint density at radius 2 is 2.15 bits per heavy atom. The highest BCUT2D eigenvalue weighted by Gasteiger charge is 2.22. The minimum absolute atomic E-state index is 0. The first kappa shape index (κ1) is 15.3. The molecule has 1 N–H and O–H groups in total. The molecule has 0 saturated carbocycles. The summed E-state index contributed by atoms with van der Waals surface area (Å²) in [6.45, 7) is 1.84. The van der Waals surface area contributed by atoms with E-state index in [4.69, 9.17) is 0 Å². The molecule has 1 aliphatic heterocycles. The van der Waals surface area contributed by atoms with Crippen LogP contribution in [0.2, 0.25) is 0 Å². The van der Waals surface area contributed by atoms with Gasteiger partial charge in [-0.15, -0.1) is 35.3 Å². The molecule has 20 heavy (non-hydrogen) atoms. The second kappa shape index (κ2) is 7.08. The zero-order valence-corrected chi connectivity index (χ0v) is 14.5. The summed E-state index contributed by atoms with van der Waals surface area (Å²) in [4.78, 5) is 8.00. The molecule has 0 amide bonds. The molecule has 3 nitrogen and oxygen atoms in total. The summed E-state index contributed by atoms with van der Waals surface area (Å²) < 4.78 is 0. The van der Waals surface area contributed by atoms with E-state index >= 15 is 0 Å². The van der Waals surface area contributed by atoms with Crippen molar-refractivity contribution in [2.45, 2.75) is 13.0 Å². The lowest BCUT2D eigenvalue weighted by Crippen LogP contribution is -2.40. The molecule has 0 aliphatic carbocycles. The molecular formula is C15H18IN3S. The fourth-order valence-corrected chi connectivity index (χ4v) is 3.08. The molecule has 2 heterocycles. The molecule has 5 heteroatoms. The number of rotatable bonds is 2. The largest absolute Gasteiger partial charge is 0.351 e. The van der Waals surface area contributed by atoms with E-state index in [1.54, 1.807) is 11.3 Å². The van der Waals surface area contributed by atoms with Crippen molar-refractivity contribution in [3.05, 3.63) is 52.2 Å². The molecule has 0 saturated heterocycles. The van der Waals surface area contributed by atoms with Gasteiger partial charge in [0, 0.05) is 24.2 Å². The van der Waals surface area contributed by atoms with Crippen LogP contribution in [-0.4, -0.2) is 19.6 Å². The molecule has 2 aromatic rings. The fraction of sp³-hybridized carbons (Fsp3) is 0.267. The van der Waals surface area contributed by atoms with Gasteiger partial charge in [0.2, 0.25) is 0 Å². The molecule has 106 valence electrons. The van der Waals surface area contributed by atoms with E-state index in [2.05, 4.69) is 57.0 Å². The average molecular weight is 399 g/mol.